The molecule has 1 fully saturated rings. The topological polar surface area (TPSA) is 56.7 Å². The van der Waals surface area contributed by atoms with Crippen LogP contribution in [0.5, 0.6) is 0 Å². The summed E-state index contributed by atoms with van der Waals surface area (Å²) in [5.41, 5.74) is 1.38. The van der Waals surface area contributed by atoms with Crippen LogP contribution in [0, 0.1) is 0 Å². The van der Waals surface area contributed by atoms with Crippen LogP contribution >= 0.6 is 22.9 Å². The molecule has 2 aromatic heterocycles. The van der Waals surface area contributed by atoms with Crippen LogP contribution in [0.3, 0.4) is 0 Å². The Morgan fingerprint density at radius 3 is 2.79 bits per heavy atom. The molecule has 6 nitrogen and oxygen atoms in total. The molecule has 3 rings (SSSR count). The smallest absolute Gasteiger partial charge is 0.205 e. The number of thiophene rings is 1. The van der Waals surface area contributed by atoms with Gasteiger partial charge in [-0.15, -0.1) is 0 Å². The number of guanidine groups is 1. The predicted octanol–water partition coefficient (Wildman–Crippen LogP) is 2.10. The number of anilines is 1. The van der Waals surface area contributed by atoms with Gasteiger partial charge in [-0.2, -0.15) is 15.7 Å². The molecule has 0 atom stereocenters. The lowest BCUT2D eigenvalue weighted by atomic mass is 10.2. The van der Waals surface area contributed by atoms with Crippen molar-refractivity contribution >= 4 is 34.0 Å². The van der Waals surface area contributed by atoms with E-state index < -0.39 is 0 Å². The van der Waals surface area contributed by atoms with Gasteiger partial charge in [0.15, 0.2) is 5.96 Å². The lowest BCUT2D eigenvalue weighted by Gasteiger charge is -2.36. The minimum absolute atomic E-state index is 0.900. The monoisotopic (exact) mass is 364 g/mol. The van der Waals surface area contributed by atoms with E-state index in [2.05, 4.69) is 53.2 Å². The zero-order valence-corrected chi connectivity index (χ0v) is 15.9. The molecule has 130 valence electrons. The van der Waals surface area contributed by atoms with Gasteiger partial charge in [0.25, 0.3) is 0 Å². The molecular formula is C16H24N6S2. The van der Waals surface area contributed by atoms with Crippen molar-refractivity contribution in [2.45, 2.75) is 19.8 Å². The van der Waals surface area contributed by atoms with E-state index >= 15 is 0 Å². The maximum atomic E-state index is 4.59. The second-order valence-electron chi connectivity index (χ2n) is 5.68. The summed E-state index contributed by atoms with van der Waals surface area (Å²) in [4.78, 5) is 13.7. The average Bonchev–Trinajstić information content (AvgIpc) is 3.30. The van der Waals surface area contributed by atoms with E-state index in [9.17, 15) is 0 Å². The summed E-state index contributed by atoms with van der Waals surface area (Å²) in [6.07, 6.45) is 1.93. The Morgan fingerprint density at radius 1 is 1.33 bits per heavy atom. The second kappa shape index (κ2) is 8.43. The van der Waals surface area contributed by atoms with E-state index in [0.717, 1.165) is 62.5 Å². The molecule has 0 radical (unpaired) electrons. The standard InChI is InChI=1S/C16H24N6S2/c1-3-14-19-16(24-20-14)22-9-7-21(8-10-22)15(17-2)18-6-4-13-5-11-23-12-13/h5,11-12H,3-4,6-10H2,1-2H3,(H,17,18). The van der Waals surface area contributed by atoms with E-state index in [0.29, 0.717) is 0 Å². The van der Waals surface area contributed by atoms with E-state index in [1.54, 1.807) is 11.3 Å². The third kappa shape index (κ3) is 4.24. The van der Waals surface area contributed by atoms with Crippen molar-refractivity contribution in [3.05, 3.63) is 28.2 Å². The van der Waals surface area contributed by atoms with Crippen LogP contribution in [-0.2, 0) is 12.8 Å². The van der Waals surface area contributed by atoms with Crippen LogP contribution in [0.2, 0.25) is 0 Å². The molecule has 0 spiro atoms. The van der Waals surface area contributed by atoms with Crippen LogP contribution in [0.15, 0.2) is 21.8 Å². The fraction of sp³-hybridized carbons (Fsp3) is 0.562. The van der Waals surface area contributed by atoms with Crippen molar-refractivity contribution in [3.63, 3.8) is 0 Å². The first-order valence-electron chi connectivity index (χ1n) is 8.34. The molecule has 0 saturated carbocycles. The van der Waals surface area contributed by atoms with Crippen molar-refractivity contribution < 1.29 is 0 Å². The zero-order valence-electron chi connectivity index (χ0n) is 14.2. The Labute approximate surface area is 151 Å². The molecule has 1 aliphatic heterocycles. The number of piperazine rings is 1. The molecule has 0 unspecified atom stereocenters. The first kappa shape index (κ1) is 17.2. The highest BCUT2D eigenvalue weighted by Gasteiger charge is 2.21. The lowest BCUT2D eigenvalue weighted by Crippen LogP contribution is -2.52. The van der Waals surface area contributed by atoms with Crippen molar-refractivity contribution in [2.24, 2.45) is 4.99 Å². The number of hydrogen-bond acceptors (Lipinski definition) is 6. The van der Waals surface area contributed by atoms with Crippen molar-refractivity contribution in [2.75, 3.05) is 44.7 Å². The van der Waals surface area contributed by atoms with Crippen molar-refractivity contribution in [3.8, 4) is 0 Å². The molecule has 24 heavy (non-hydrogen) atoms. The fourth-order valence-electron chi connectivity index (χ4n) is 2.71. The molecule has 3 heterocycles. The van der Waals surface area contributed by atoms with Gasteiger partial charge in [0.1, 0.15) is 5.82 Å². The fourth-order valence-corrected chi connectivity index (χ4v) is 4.22. The highest BCUT2D eigenvalue weighted by Crippen LogP contribution is 2.19. The number of aliphatic imine (C=N–C) groups is 1. The molecule has 0 aromatic carbocycles. The molecule has 0 amide bonds. The predicted molar refractivity (Wildman–Crippen MR) is 102 cm³/mol. The first-order chi connectivity index (χ1) is 11.8. The summed E-state index contributed by atoms with van der Waals surface area (Å²) in [6.45, 7) is 6.85. The maximum Gasteiger partial charge on any atom is 0.205 e. The van der Waals surface area contributed by atoms with Crippen LogP contribution < -0.4 is 10.2 Å². The Balaban J connectivity index is 1.47. The van der Waals surface area contributed by atoms with Crippen molar-refractivity contribution in [1.29, 1.82) is 0 Å². The highest BCUT2D eigenvalue weighted by molar-refractivity contribution is 7.09. The summed E-state index contributed by atoms with van der Waals surface area (Å²) in [5, 5.41) is 8.86. The minimum Gasteiger partial charge on any atom is -0.356 e. The number of rotatable bonds is 5. The Hall–Kier alpha value is -1.67. The molecule has 1 aliphatic rings. The van der Waals surface area contributed by atoms with Crippen molar-refractivity contribution in [1.82, 2.24) is 19.6 Å². The van der Waals surface area contributed by atoms with Gasteiger partial charge in [0, 0.05) is 57.7 Å². The van der Waals surface area contributed by atoms with Crippen LogP contribution in [-0.4, -0.2) is 60.0 Å². The van der Waals surface area contributed by atoms with Crippen LogP contribution in [0.1, 0.15) is 18.3 Å². The number of nitrogens with zero attached hydrogens (tertiary/aromatic N) is 5. The summed E-state index contributed by atoms with van der Waals surface area (Å²) in [6, 6.07) is 2.18. The third-order valence-corrected chi connectivity index (χ3v) is 5.66. The first-order valence-corrected chi connectivity index (χ1v) is 10.1. The quantitative estimate of drug-likeness (QED) is 0.650. The van der Waals surface area contributed by atoms with E-state index in [1.807, 2.05) is 7.05 Å². The van der Waals surface area contributed by atoms with Crippen LogP contribution in [0.4, 0.5) is 5.13 Å². The largest absolute Gasteiger partial charge is 0.356 e. The lowest BCUT2D eigenvalue weighted by molar-refractivity contribution is 0.372. The van der Waals surface area contributed by atoms with Gasteiger partial charge in [-0.05, 0) is 28.8 Å². The van der Waals surface area contributed by atoms with E-state index in [-0.39, 0.29) is 0 Å². The van der Waals surface area contributed by atoms with Crippen LogP contribution in [0.25, 0.3) is 0 Å². The molecule has 0 aliphatic carbocycles. The molecule has 1 saturated heterocycles. The second-order valence-corrected chi connectivity index (χ2v) is 7.19. The maximum absolute atomic E-state index is 4.59. The Bertz CT molecular complexity index is 643. The Morgan fingerprint density at radius 2 is 2.17 bits per heavy atom. The van der Waals surface area contributed by atoms with Gasteiger partial charge >= 0.3 is 0 Å². The number of hydrogen-bond donors (Lipinski definition) is 1. The summed E-state index contributed by atoms with van der Waals surface area (Å²) < 4.78 is 4.39. The third-order valence-electron chi connectivity index (χ3n) is 4.11. The average molecular weight is 365 g/mol. The number of nitrogens with one attached hydrogen (secondary N) is 1. The number of aromatic nitrogens is 2. The van der Waals surface area contributed by atoms with Gasteiger partial charge in [0.2, 0.25) is 5.13 Å². The van der Waals surface area contributed by atoms with Gasteiger partial charge in [0.05, 0.1) is 0 Å². The molecule has 2 aromatic rings. The highest BCUT2D eigenvalue weighted by atomic mass is 32.1. The molecule has 1 N–H and O–H groups in total. The summed E-state index contributed by atoms with van der Waals surface area (Å²) in [5.74, 6) is 1.94. The SMILES string of the molecule is CCc1nsc(N2CCN(C(=NC)NCCc3ccsc3)CC2)n1. The zero-order chi connectivity index (χ0) is 16.8. The van der Waals surface area contributed by atoms with E-state index in [4.69, 9.17) is 0 Å². The van der Waals surface area contributed by atoms with Gasteiger partial charge in [-0.3, -0.25) is 4.99 Å². The van der Waals surface area contributed by atoms with Gasteiger partial charge in [-0.1, -0.05) is 6.92 Å². The minimum atomic E-state index is 0.900. The van der Waals surface area contributed by atoms with Gasteiger partial charge < -0.3 is 15.1 Å². The molecule has 0 bridgehead atoms. The summed E-state index contributed by atoms with van der Waals surface area (Å²) in [7, 11) is 1.86. The van der Waals surface area contributed by atoms with Gasteiger partial charge in [-0.25, -0.2) is 4.98 Å². The normalized spacial score (nSPS) is 15.8. The van der Waals surface area contributed by atoms with E-state index in [1.165, 1.54) is 17.1 Å². The molecule has 8 heteroatoms. The molecular weight excluding hydrogens is 340 g/mol. The number of aryl methyl sites for hydroxylation is 1. The summed E-state index contributed by atoms with van der Waals surface area (Å²) >= 11 is 3.26. The Kier molecular flexibility index (Phi) is 6.03.